The molecule has 1 heterocycles. The van der Waals surface area contributed by atoms with Crippen LogP contribution in [-0.4, -0.2) is 18.0 Å². The third-order valence-electron chi connectivity index (χ3n) is 2.69. The molecule has 1 aromatic carbocycles. The van der Waals surface area contributed by atoms with Crippen molar-refractivity contribution in [3.8, 4) is 5.75 Å². The molecule has 0 atom stereocenters. The lowest BCUT2D eigenvalue weighted by Crippen LogP contribution is -2.14. The first-order valence-corrected chi connectivity index (χ1v) is 5.57. The highest BCUT2D eigenvalue weighted by Crippen LogP contribution is 2.15. The minimum atomic E-state index is -0.452. The van der Waals surface area contributed by atoms with Crippen LogP contribution < -0.4 is 10.5 Å². The van der Waals surface area contributed by atoms with Crippen LogP contribution in [0.3, 0.4) is 0 Å². The average Bonchev–Trinajstić information content (AvgIpc) is 2.40. The van der Waals surface area contributed by atoms with Gasteiger partial charge in [-0.25, -0.2) is 0 Å². The number of hydrogen-bond acceptors (Lipinski definition) is 3. The van der Waals surface area contributed by atoms with E-state index >= 15 is 0 Å². The number of nitrogens with zero attached hydrogens (tertiary/aromatic N) is 1. The second-order valence-electron chi connectivity index (χ2n) is 3.89. The highest BCUT2D eigenvalue weighted by Gasteiger charge is 2.09. The molecule has 2 N–H and O–H groups in total. The van der Waals surface area contributed by atoms with Crippen LogP contribution in [0.15, 0.2) is 42.6 Å². The number of ether oxygens (including phenoxy) is 1. The number of carbonyl (C=O) groups excluding carboxylic acids is 1. The Morgan fingerprint density at radius 1 is 1.28 bits per heavy atom. The van der Waals surface area contributed by atoms with E-state index in [4.69, 9.17) is 10.5 Å². The Morgan fingerprint density at radius 2 is 2.00 bits per heavy atom. The van der Waals surface area contributed by atoms with Gasteiger partial charge in [0, 0.05) is 12.6 Å². The fourth-order valence-corrected chi connectivity index (χ4v) is 1.74. The van der Waals surface area contributed by atoms with Gasteiger partial charge < -0.3 is 10.5 Å². The summed E-state index contributed by atoms with van der Waals surface area (Å²) >= 11 is 0. The summed E-state index contributed by atoms with van der Waals surface area (Å²) in [5, 5.41) is 0. The van der Waals surface area contributed by atoms with E-state index < -0.39 is 5.91 Å². The van der Waals surface area contributed by atoms with Crippen molar-refractivity contribution >= 4 is 5.91 Å². The standard InChI is InChI=1S/C14H14N2O2/c1-18-11-6-4-10(5-7-11)9-13-12(14(15)17)3-2-8-16-13/h2-8H,9H2,1H3,(H2,15,17). The fraction of sp³-hybridized carbons (Fsp3) is 0.143. The third-order valence-corrected chi connectivity index (χ3v) is 2.69. The monoisotopic (exact) mass is 242 g/mol. The zero-order valence-corrected chi connectivity index (χ0v) is 10.1. The molecular weight excluding hydrogens is 228 g/mol. The molecule has 0 saturated heterocycles. The van der Waals surface area contributed by atoms with Crippen LogP contribution in [0.25, 0.3) is 0 Å². The summed E-state index contributed by atoms with van der Waals surface area (Å²) in [5.41, 5.74) is 7.52. The van der Waals surface area contributed by atoms with Crippen molar-refractivity contribution in [2.24, 2.45) is 5.73 Å². The molecule has 0 aliphatic rings. The van der Waals surface area contributed by atoms with Crippen molar-refractivity contribution < 1.29 is 9.53 Å². The molecule has 18 heavy (non-hydrogen) atoms. The normalized spacial score (nSPS) is 10.1. The molecule has 0 bridgehead atoms. The molecule has 2 rings (SSSR count). The van der Waals surface area contributed by atoms with E-state index in [1.807, 2.05) is 24.3 Å². The molecule has 0 radical (unpaired) electrons. The zero-order chi connectivity index (χ0) is 13.0. The Balaban J connectivity index is 2.25. The molecule has 0 unspecified atom stereocenters. The minimum absolute atomic E-state index is 0.452. The molecule has 0 fully saturated rings. The second-order valence-corrected chi connectivity index (χ2v) is 3.89. The molecule has 2 aromatic rings. The van der Waals surface area contributed by atoms with Gasteiger partial charge in [0.1, 0.15) is 5.75 Å². The summed E-state index contributed by atoms with van der Waals surface area (Å²) in [6.45, 7) is 0. The molecule has 1 aromatic heterocycles. The lowest BCUT2D eigenvalue weighted by Gasteiger charge is -2.06. The molecular formula is C14H14N2O2. The summed E-state index contributed by atoms with van der Waals surface area (Å²) in [5.74, 6) is 0.349. The van der Waals surface area contributed by atoms with Gasteiger partial charge in [-0.1, -0.05) is 12.1 Å². The van der Waals surface area contributed by atoms with Crippen LogP contribution in [0.5, 0.6) is 5.75 Å². The molecule has 4 nitrogen and oxygen atoms in total. The second kappa shape index (κ2) is 5.31. The number of carbonyl (C=O) groups is 1. The van der Waals surface area contributed by atoms with Crippen molar-refractivity contribution in [3.05, 3.63) is 59.4 Å². The first-order chi connectivity index (χ1) is 8.70. The van der Waals surface area contributed by atoms with Crippen LogP contribution >= 0.6 is 0 Å². The summed E-state index contributed by atoms with van der Waals surface area (Å²) in [7, 11) is 1.62. The van der Waals surface area contributed by atoms with Gasteiger partial charge in [0.05, 0.1) is 18.4 Å². The molecule has 0 aliphatic carbocycles. The predicted molar refractivity (Wildman–Crippen MR) is 68.6 cm³/mol. The highest BCUT2D eigenvalue weighted by molar-refractivity contribution is 5.93. The van der Waals surface area contributed by atoms with Gasteiger partial charge in [-0.2, -0.15) is 0 Å². The molecule has 0 spiro atoms. The molecule has 0 saturated carbocycles. The van der Waals surface area contributed by atoms with E-state index in [9.17, 15) is 4.79 Å². The Morgan fingerprint density at radius 3 is 2.61 bits per heavy atom. The van der Waals surface area contributed by atoms with Gasteiger partial charge in [0.25, 0.3) is 5.91 Å². The molecule has 92 valence electrons. The van der Waals surface area contributed by atoms with Crippen molar-refractivity contribution in [3.63, 3.8) is 0 Å². The number of hydrogen-bond donors (Lipinski definition) is 1. The molecule has 1 amide bonds. The van der Waals surface area contributed by atoms with Crippen molar-refractivity contribution in [2.45, 2.75) is 6.42 Å². The first kappa shape index (κ1) is 12.1. The maximum Gasteiger partial charge on any atom is 0.250 e. The van der Waals surface area contributed by atoms with Crippen LogP contribution in [0.4, 0.5) is 0 Å². The average molecular weight is 242 g/mol. The SMILES string of the molecule is COc1ccc(Cc2ncccc2C(N)=O)cc1. The Kier molecular flexibility index (Phi) is 3.57. The zero-order valence-electron chi connectivity index (χ0n) is 10.1. The van der Waals surface area contributed by atoms with Crippen LogP contribution in [0.1, 0.15) is 21.6 Å². The minimum Gasteiger partial charge on any atom is -0.497 e. The number of amides is 1. The maximum absolute atomic E-state index is 11.3. The summed E-state index contributed by atoms with van der Waals surface area (Å²) in [6.07, 6.45) is 2.23. The van der Waals surface area contributed by atoms with E-state index in [-0.39, 0.29) is 0 Å². The van der Waals surface area contributed by atoms with Gasteiger partial charge in [-0.3, -0.25) is 9.78 Å². The Labute approximate surface area is 105 Å². The molecule has 4 heteroatoms. The van der Waals surface area contributed by atoms with Crippen LogP contribution in [0.2, 0.25) is 0 Å². The quantitative estimate of drug-likeness (QED) is 0.888. The Hall–Kier alpha value is -2.36. The van der Waals surface area contributed by atoms with Crippen LogP contribution in [-0.2, 0) is 6.42 Å². The number of benzene rings is 1. The lowest BCUT2D eigenvalue weighted by molar-refractivity contribution is 0.0999. The fourth-order valence-electron chi connectivity index (χ4n) is 1.74. The topological polar surface area (TPSA) is 65.2 Å². The van der Waals surface area contributed by atoms with Crippen molar-refractivity contribution in [2.75, 3.05) is 7.11 Å². The van der Waals surface area contributed by atoms with Crippen molar-refractivity contribution in [1.29, 1.82) is 0 Å². The largest absolute Gasteiger partial charge is 0.497 e. The van der Waals surface area contributed by atoms with Gasteiger partial charge in [-0.15, -0.1) is 0 Å². The number of pyridine rings is 1. The number of aromatic nitrogens is 1. The van der Waals surface area contributed by atoms with Gasteiger partial charge in [0.15, 0.2) is 0 Å². The smallest absolute Gasteiger partial charge is 0.250 e. The molecule has 0 aliphatic heterocycles. The van der Waals surface area contributed by atoms with Crippen molar-refractivity contribution in [1.82, 2.24) is 4.98 Å². The van der Waals surface area contributed by atoms with Gasteiger partial charge in [-0.05, 0) is 29.8 Å². The summed E-state index contributed by atoms with van der Waals surface area (Å²) in [6, 6.07) is 11.0. The number of methoxy groups -OCH3 is 1. The van der Waals surface area contributed by atoms with E-state index in [2.05, 4.69) is 4.98 Å². The summed E-state index contributed by atoms with van der Waals surface area (Å²) < 4.78 is 5.09. The Bertz CT molecular complexity index is 550. The van der Waals surface area contributed by atoms with E-state index in [1.165, 1.54) is 0 Å². The number of nitrogens with two attached hydrogens (primary N) is 1. The maximum atomic E-state index is 11.3. The first-order valence-electron chi connectivity index (χ1n) is 5.57. The van der Waals surface area contributed by atoms with E-state index in [0.29, 0.717) is 17.7 Å². The van der Waals surface area contributed by atoms with Gasteiger partial charge in [0.2, 0.25) is 0 Å². The summed E-state index contributed by atoms with van der Waals surface area (Å²) in [4.78, 5) is 15.5. The van der Waals surface area contributed by atoms with Crippen LogP contribution in [0, 0.1) is 0 Å². The third kappa shape index (κ3) is 2.66. The van der Waals surface area contributed by atoms with Gasteiger partial charge >= 0.3 is 0 Å². The van der Waals surface area contributed by atoms with E-state index in [0.717, 1.165) is 11.3 Å². The highest BCUT2D eigenvalue weighted by atomic mass is 16.5. The van der Waals surface area contributed by atoms with E-state index in [1.54, 1.807) is 25.4 Å². The number of rotatable bonds is 4. The number of primary amides is 1. The predicted octanol–water partition coefficient (Wildman–Crippen LogP) is 1.78. The lowest BCUT2D eigenvalue weighted by atomic mass is 10.0.